The van der Waals surface area contributed by atoms with Crippen LogP contribution in [0.25, 0.3) is 10.8 Å². The van der Waals surface area contributed by atoms with Crippen molar-refractivity contribution in [3.8, 4) is 0 Å². The number of hydrogen-bond donors (Lipinski definition) is 2. The van der Waals surface area contributed by atoms with Gasteiger partial charge < -0.3 is 15.0 Å². The number of imidazole rings is 1. The van der Waals surface area contributed by atoms with Crippen molar-refractivity contribution in [3.05, 3.63) is 90.5 Å². The van der Waals surface area contributed by atoms with E-state index in [0.29, 0.717) is 0 Å². The monoisotopic (exact) mass is 427 g/mol. The average molecular weight is 428 g/mol. The molecule has 1 heterocycles. The molecule has 3 aromatic carbocycles. The normalized spacial score (nSPS) is 12.7. The molecule has 0 aliphatic carbocycles. The molecule has 5 heteroatoms. The van der Waals surface area contributed by atoms with Crippen LogP contribution in [0.4, 0.5) is 11.4 Å². The molecule has 164 valence electrons. The smallest absolute Gasteiger partial charge is 0.312 e. The average Bonchev–Trinajstić information content (AvgIpc) is 3.28. The van der Waals surface area contributed by atoms with E-state index in [1.54, 1.807) is 12.4 Å². The van der Waals surface area contributed by atoms with Crippen LogP contribution in [0.3, 0.4) is 0 Å². The van der Waals surface area contributed by atoms with E-state index in [1.807, 2.05) is 64.1 Å². The van der Waals surface area contributed by atoms with Gasteiger partial charge in [0.2, 0.25) is 0 Å². The number of nitrogens with one attached hydrogen (secondary N) is 2. The van der Waals surface area contributed by atoms with Gasteiger partial charge in [0.1, 0.15) is 5.82 Å². The van der Waals surface area contributed by atoms with Gasteiger partial charge in [-0.2, -0.15) is 0 Å². The summed E-state index contributed by atoms with van der Waals surface area (Å²) in [5, 5.41) is 5.87. The third-order valence-corrected chi connectivity index (χ3v) is 5.67. The largest absolute Gasteiger partial charge is 0.463 e. The van der Waals surface area contributed by atoms with Crippen molar-refractivity contribution in [1.29, 1.82) is 0 Å². The van der Waals surface area contributed by atoms with Crippen molar-refractivity contribution in [2.24, 2.45) is 5.41 Å². The first-order valence-electron chi connectivity index (χ1n) is 10.9. The first-order valence-corrected chi connectivity index (χ1v) is 10.9. The summed E-state index contributed by atoms with van der Waals surface area (Å²) in [7, 11) is 0. The van der Waals surface area contributed by atoms with Crippen LogP contribution in [0.1, 0.15) is 45.0 Å². The highest BCUT2D eigenvalue weighted by Crippen LogP contribution is 2.41. The number of ether oxygens (including phenoxy) is 1. The molecule has 5 nitrogen and oxygen atoms in total. The number of aromatic amines is 1. The Balaban J connectivity index is 1.61. The van der Waals surface area contributed by atoms with Crippen molar-refractivity contribution in [1.82, 2.24) is 9.97 Å². The zero-order valence-corrected chi connectivity index (χ0v) is 18.9. The number of fused-ring (bicyclic) bond motifs is 1. The van der Waals surface area contributed by atoms with E-state index >= 15 is 0 Å². The number of nitrogens with zero attached hydrogens (tertiary/aromatic N) is 1. The highest BCUT2D eigenvalue weighted by atomic mass is 16.5. The number of anilines is 2. The zero-order valence-electron chi connectivity index (χ0n) is 18.9. The molecule has 0 amide bonds. The molecule has 0 spiro atoms. The van der Waals surface area contributed by atoms with Crippen LogP contribution >= 0.6 is 0 Å². The molecule has 0 radical (unpaired) electrons. The molecule has 4 aromatic rings. The van der Waals surface area contributed by atoms with E-state index in [1.165, 1.54) is 10.8 Å². The van der Waals surface area contributed by atoms with Crippen molar-refractivity contribution >= 4 is 28.1 Å². The van der Waals surface area contributed by atoms with Crippen LogP contribution < -0.4 is 5.32 Å². The van der Waals surface area contributed by atoms with Gasteiger partial charge >= 0.3 is 5.97 Å². The molecular formula is C27H29N3O2. The molecule has 4 rings (SSSR count). The second-order valence-electron chi connectivity index (χ2n) is 8.89. The predicted octanol–water partition coefficient (Wildman–Crippen LogP) is 6.42. The number of aromatic nitrogens is 2. The van der Waals surface area contributed by atoms with Gasteiger partial charge in [-0.3, -0.25) is 4.79 Å². The maximum absolute atomic E-state index is 12.9. The Kier molecular flexibility index (Phi) is 5.99. The Labute approximate surface area is 188 Å². The molecule has 0 bridgehead atoms. The molecule has 0 fully saturated rings. The fraction of sp³-hybridized carbons (Fsp3) is 0.259. The molecule has 0 aliphatic rings. The molecule has 1 atom stereocenters. The lowest BCUT2D eigenvalue weighted by Gasteiger charge is -2.32. The molecule has 1 unspecified atom stereocenters. The van der Waals surface area contributed by atoms with Crippen LogP contribution in [-0.2, 0) is 9.53 Å². The lowest BCUT2D eigenvalue weighted by atomic mass is 9.74. The van der Waals surface area contributed by atoms with Crippen molar-refractivity contribution in [2.75, 3.05) is 5.32 Å². The van der Waals surface area contributed by atoms with Gasteiger partial charge in [0.05, 0.1) is 17.4 Å². The van der Waals surface area contributed by atoms with E-state index in [9.17, 15) is 4.79 Å². The number of hydrogen-bond acceptors (Lipinski definition) is 4. The predicted molar refractivity (Wildman–Crippen MR) is 129 cm³/mol. The highest BCUT2D eigenvalue weighted by molar-refractivity contribution is 5.86. The van der Waals surface area contributed by atoms with Gasteiger partial charge in [-0.15, -0.1) is 0 Å². The minimum absolute atomic E-state index is 0.174. The van der Waals surface area contributed by atoms with Gasteiger partial charge in [-0.1, -0.05) is 42.5 Å². The number of benzene rings is 3. The number of carbonyl (C=O) groups excluding carboxylic acids is 1. The van der Waals surface area contributed by atoms with Gasteiger partial charge in [-0.05, 0) is 68.3 Å². The summed E-state index contributed by atoms with van der Waals surface area (Å²) in [6, 6.07) is 22.8. The second-order valence-corrected chi connectivity index (χ2v) is 8.89. The summed E-state index contributed by atoms with van der Waals surface area (Å²) in [6.07, 6.45) is 3.32. The van der Waals surface area contributed by atoms with Crippen LogP contribution in [-0.4, -0.2) is 22.0 Å². The molecular weight excluding hydrogens is 398 g/mol. The van der Waals surface area contributed by atoms with Crippen LogP contribution in [0.5, 0.6) is 0 Å². The quantitative estimate of drug-likeness (QED) is 0.334. The summed E-state index contributed by atoms with van der Waals surface area (Å²) in [6.45, 7) is 7.55. The standard InChI is InChI=1S/C27H29N3O2/c1-18(2)32-26(31)27(3,4)24(25-28-15-16-29-25)20-10-12-22(13-11-20)30-23-14-9-19-7-5-6-8-21(19)17-23/h5-18,24,30H,1-4H3,(H,28,29). The van der Waals surface area contributed by atoms with Gasteiger partial charge in [0.15, 0.2) is 0 Å². The molecule has 1 aromatic heterocycles. The van der Waals surface area contributed by atoms with Crippen LogP contribution in [0.2, 0.25) is 0 Å². The van der Waals surface area contributed by atoms with Crippen LogP contribution in [0, 0.1) is 5.41 Å². The zero-order chi connectivity index (χ0) is 22.7. The van der Waals surface area contributed by atoms with E-state index in [0.717, 1.165) is 22.8 Å². The first-order chi connectivity index (χ1) is 15.3. The van der Waals surface area contributed by atoms with E-state index < -0.39 is 5.41 Å². The van der Waals surface area contributed by atoms with Crippen molar-refractivity contribution in [2.45, 2.75) is 39.7 Å². The number of esters is 1. The minimum Gasteiger partial charge on any atom is -0.463 e. The molecule has 0 aliphatic heterocycles. The lowest BCUT2D eigenvalue weighted by molar-refractivity contribution is -0.158. The minimum atomic E-state index is -0.796. The maximum Gasteiger partial charge on any atom is 0.312 e. The van der Waals surface area contributed by atoms with E-state index in [-0.39, 0.29) is 18.0 Å². The maximum atomic E-state index is 12.9. The van der Waals surface area contributed by atoms with E-state index in [2.05, 4.69) is 45.6 Å². The highest BCUT2D eigenvalue weighted by Gasteiger charge is 2.42. The number of rotatable bonds is 7. The second kappa shape index (κ2) is 8.87. The Bertz CT molecular complexity index is 1200. The Hall–Kier alpha value is -3.60. The lowest BCUT2D eigenvalue weighted by Crippen LogP contribution is -2.35. The Morgan fingerprint density at radius 3 is 2.31 bits per heavy atom. The summed E-state index contributed by atoms with van der Waals surface area (Å²) in [5.41, 5.74) is 2.20. The summed E-state index contributed by atoms with van der Waals surface area (Å²) < 4.78 is 5.56. The third kappa shape index (κ3) is 4.52. The topological polar surface area (TPSA) is 67.0 Å². The molecule has 32 heavy (non-hydrogen) atoms. The summed E-state index contributed by atoms with van der Waals surface area (Å²) in [4.78, 5) is 20.6. The number of carbonyl (C=O) groups is 1. The Morgan fingerprint density at radius 2 is 1.66 bits per heavy atom. The van der Waals surface area contributed by atoms with Gasteiger partial charge in [0.25, 0.3) is 0 Å². The Morgan fingerprint density at radius 1 is 0.969 bits per heavy atom. The first kappa shape index (κ1) is 21.6. The third-order valence-electron chi connectivity index (χ3n) is 5.67. The molecule has 2 N–H and O–H groups in total. The molecule has 0 saturated carbocycles. The fourth-order valence-electron chi connectivity index (χ4n) is 4.03. The van der Waals surface area contributed by atoms with Gasteiger partial charge in [0, 0.05) is 23.8 Å². The fourth-order valence-corrected chi connectivity index (χ4v) is 4.03. The van der Waals surface area contributed by atoms with Crippen LogP contribution in [0.15, 0.2) is 79.1 Å². The van der Waals surface area contributed by atoms with Crippen molar-refractivity contribution in [3.63, 3.8) is 0 Å². The summed E-state index contributed by atoms with van der Waals surface area (Å²) >= 11 is 0. The van der Waals surface area contributed by atoms with Crippen molar-refractivity contribution < 1.29 is 9.53 Å². The van der Waals surface area contributed by atoms with Gasteiger partial charge in [-0.25, -0.2) is 4.98 Å². The summed E-state index contributed by atoms with van der Waals surface area (Å²) in [5.74, 6) is 0.233. The number of H-pyrrole nitrogens is 1. The van der Waals surface area contributed by atoms with E-state index in [4.69, 9.17) is 4.74 Å². The molecule has 0 saturated heterocycles. The SMILES string of the molecule is CC(C)OC(=O)C(C)(C)C(c1ccc(Nc2ccc3ccccc3c2)cc1)c1ncc[nH]1.